The summed E-state index contributed by atoms with van der Waals surface area (Å²) < 4.78 is 5.19. The standard InChI is InChI=1S/C17H29NO/c1-5-14(6-2)13-16(18-3)10-7-15-8-11-17(19-4)12-9-15/h8-9,11-12,14,16,18H,5-7,10,13H2,1-4H3. The summed E-state index contributed by atoms with van der Waals surface area (Å²) in [4.78, 5) is 0. The van der Waals surface area contributed by atoms with Gasteiger partial charge in [-0.05, 0) is 49.9 Å². The molecule has 0 amide bonds. The maximum Gasteiger partial charge on any atom is 0.118 e. The first-order valence-electron chi connectivity index (χ1n) is 7.53. The second-order valence-corrected chi connectivity index (χ2v) is 5.29. The van der Waals surface area contributed by atoms with Gasteiger partial charge in [0.1, 0.15) is 5.75 Å². The highest BCUT2D eigenvalue weighted by molar-refractivity contribution is 5.27. The number of aryl methyl sites for hydroxylation is 1. The van der Waals surface area contributed by atoms with Gasteiger partial charge >= 0.3 is 0 Å². The highest BCUT2D eigenvalue weighted by atomic mass is 16.5. The van der Waals surface area contributed by atoms with Crippen LogP contribution in [0.25, 0.3) is 0 Å². The van der Waals surface area contributed by atoms with E-state index in [1.807, 2.05) is 12.1 Å². The number of nitrogens with one attached hydrogen (secondary N) is 1. The summed E-state index contributed by atoms with van der Waals surface area (Å²) in [6.45, 7) is 4.59. The monoisotopic (exact) mass is 263 g/mol. The average molecular weight is 263 g/mol. The second kappa shape index (κ2) is 8.98. The van der Waals surface area contributed by atoms with Crippen molar-refractivity contribution in [3.63, 3.8) is 0 Å². The summed E-state index contributed by atoms with van der Waals surface area (Å²) >= 11 is 0. The van der Waals surface area contributed by atoms with Gasteiger partial charge in [-0.3, -0.25) is 0 Å². The molecule has 0 aliphatic carbocycles. The van der Waals surface area contributed by atoms with Crippen LogP contribution in [0.2, 0.25) is 0 Å². The molecule has 1 atom stereocenters. The molecule has 0 fully saturated rings. The summed E-state index contributed by atoms with van der Waals surface area (Å²) in [6.07, 6.45) is 6.21. The third kappa shape index (κ3) is 5.65. The first-order chi connectivity index (χ1) is 9.23. The molecular weight excluding hydrogens is 234 g/mol. The van der Waals surface area contributed by atoms with Crippen molar-refractivity contribution in [1.82, 2.24) is 5.32 Å². The number of methoxy groups -OCH3 is 1. The normalized spacial score (nSPS) is 12.7. The van der Waals surface area contributed by atoms with Crippen molar-refractivity contribution in [2.24, 2.45) is 5.92 Å². The van der Waals surface area contributed by atoms with Crippen LogP contribution >= 0.6 is 0 Å². The van der Waals surface area contributed by atoms with Crippen molar-refractivity contribution in [3.05, 3.63) is 29.8 Å². The molecule has 1 rings (SSSR count). The van der Waals surface area contributed by atoms with Crippen LogP contribution in [-0.4, -0.2) is 20.2 Å². The van der Waals surface area contributed by atoms with Gasteiger partial charge in [-0.1, -0.05) is 38.8 Å². The van der Waals surface area contributed by atoms with Crippen molar-refractivity contribution < 1.29 is 4.74 Å². The minimum Gasteiger partial charge on any atom is -0.497 e. The van der Waals surface area contributed by atoms with Crippen LogP contribution in [0.1, 0.15) is 45.1 Å². The zero-order chi connectivity index (χ0) is 14.1. The van der Waals surface area contributed by atoms with E-state index in [1.165, 1.54) is 31.2 Å². The van der Waals surface area contributed by atoms with E-state index in [4.69, 9.17) is 4.74 Å². The number of hydrogen-bond donors (Lipinski definition) is 1. The average Bonchev–Trinajstić information content (AvgIpc) is 2.48. The molecule has 1 N–H and O–H groups in total. The number of ether oxygens (including phenoxy) is 1. The number of hydrogen-bond acceptors (Lipinski definition) is 2. The Labute approximate surface area is 118 Å². The topological polar surface area (TPSA) is 21.3 Å². The Kier molecular flexibility index (Phi) is 7.57. The van der Waals surface area contributed by atoms with Crippen LogP contribution in [0, 0.1) is 5.92 Å². The summed E-state index contributed by atoms with van der Waals surface area (Å²) in [5, 5.41) is 3.47. The van der Waals surface area contributed by atoms with E-state index in [1.54, 1.807) is 7.11 Å². The predicted octanol–water partition coefficient (Wildman–Crippen LogP) is 4.04. The van der Waals surface area contributed by atoms with Crippen LogP contribution in [-0.2, 0) is 6.42 Å². The van der Waals surface area contributed by atoms with Gasteiger partial charge in [0.05, 0.1) is 7.11 Å². The minimum absolute atomic E-state index is 0.631. The zero-order valence-electron chi connectivity index (χ0n) is 12.9. The molecule has 0 saturated carbocycles. The van der Waals surface area contributed by atoms with Crippen molar-refractivity contribution in [1.29, 1.82) is 0 Å². The third-order valence-corrected chi connectivity index (χ3v) is 4.12. The van der Waals surface area contributed by atoms with Crippen LogP contribution < -0.4 is 10.1 Å². The van der Waals surface area contributed by atoms with E-state index in [-0.39, 0.29) is 0 Å². The SMILES string of the molecule is CCC(CC)CC(CCc1ccc(OC)cc1)NC. The molecule has 2 heteroatoms. The predicted molar refractivity (Wildman–Crippen MR) is 82.9 cm³/mol. The zero-order valence-corrected chi connectivity index (χ0v) is 12.9. The van der Waals surface area contributed by atoms with E-state index in [0.29, 0.717) is 6.04 Å². The fourth-order valence-corrected chi connectivity index (χ4v) is 2.54. The third-order valence-electron chi connectivity index (χ3n) is 4.12. The molecule has 1 unspecified atom stereocenters. The Hall–Kier alpha value is -1.02. The van der Waals surface area contributed by atoms with Crippen LogP contribution in [0.4, 0.5) is 0 Å². The Bertz CT molecular complexity index is 330. The van der Waals surface area contributed by atoms with E-state index >= 15 is 0 Å². The molecule has 0 bridgehead atoms. The molecule has 1 aromatic carbocycles. The Morgan fingerprint density at radius 2 is 1.74 bits per heavy atom. The fourth-order valence-electron chi connectivity index (χ4n) is 2.54. The maximum atomic E-state index is 5.19. The van der Waals surface area contributed by atoms with Gasteiger partial charge in [0.2, 0.25) is 0 Å². The first kappa shape index (κ1) is 16.0. The van der Waals surface area contributed by atoms with Crippen LogP contribution in [0.5, 0.6) is 5.75 Å². The number of rotatable bonds is 9. The largest absolute Gasteiger partial charge is 0.497 e. The Morgan fingerprint density at radius 3 is 2.21 bits per heavy atom. The van der Waals surface area contributed by atoms with Gasteiger partial charge in [0, 0.05) is 6.04 Å². The summed E-state index contributed by atoms with van der Waals surface area (Å²) in [5.74, 6) is 1.79. The highest BCUT2D eigenvalue weighted by Gasteiger charge is 2.12. The lowest BCUT2D eigenvalue weighted by Crippen LogP contribution is -2.28. The van der Waals surface area contributed by atoms with E-state index in [2.05, 4.69) is 38.3 Å². The molecule has 0 spiro atoms. The molecule has 1 aromatic rings. The quantitative estimate of drug-likeness (QED) is 0.726. The lowest BCUT2D eigenvalue weighted by atomic mass is 9.92. The molecule has 19 heavy (non-hydrogen) atoms. The van der Waals surface area contributed by atoms with Gasteiger partial charge in [0.15, 0.2) is 0 Å². The van der Waals surface area contributed by atoms with Crippen molar-refractivity contribution >= 4 is 0 Å². The molecule has 0 heterocycles. The molecule has 108 valence electrons. The van der Waals surface area contributed by atoms with Crippen LogP contribution in [0.15, 0.2) is 24.3 Å². The van der Waals surface area contributed by atoms with Gasteiger partial charge in [-0.25, -0.2) is 0 Å². The molecule has 0 aromatic heterocycles. The Morgan fingerprint density at radius 1 is 1.11 bits per heavy atom. The maximum absolute atomic E-state index is 5.19. The summed E-state index contributed by atoms with van der Waals surface area (Å²) in [5.41, 5.74) is 1.39. The highest BCUT2D eigenvalue weighted by Crippen LogP contribution is 2.19. The molecule has 0 saturated heterocycles. The summed E-state index contributed by atoms with van der Waals surface area (Å²) in [6, 6.07) is 9.06. The van der Waals surface area contributed by atoms with Gasteiger partial charge in [-0.2, -0.15) is 0 Å². The first-order valence-corrected chi connectivity index (χ1v) is 7.53. The van der Waals surface area contributed by atoms with Gasteiger partial charge < -0.3 is 10.1 Å². The molecular formula is C17H29NO. The molecule has 2 nitrogen and oxygen atoms in total. The molecule has 0 aliphatic rings. The Balaban J connectivity index is 2.43. The lowest BCUT2D eigenvalue weighted by Gasteiger charge is -2.21. The smallest absolute Gasteiger partial charge is 0.118 e. The van der Waals surface area contributed by atoms with Gasteiger partial charge in [0.25, 0.3) is 0 Å². The van der Waals surface area contributed by atoms with E-state index < -0.39 is 0 Å². The second-order valence-electron chi connectivity index (χ2n) is 5.29. The van der Waals surface area contributed by atoms with Gasteiger partial charge in [-0.15, -0.1) is 0 Å². The van der Waals surface area contributed by atoms with E-state index in [0.717, 1.165) is 18.1 Å². The van der Waals surface area contributed by atoms with E-state index in [9.17, 15) is 0 Å². The lowest BCUT2D eigenvalue weighted by molar-refractivity contribution is 0.365. The summed E-state index contributed by atoms with van der Waals surface area (Å²) in [7, 11) is 3.79. The van der Waals surface area contributed by atoms with Crippen molar-refractivity contribution in [3.8, 4) is 5.75 Å². The minimum atomic E-state index is 0.631. The van der Waals surface area contributed by atoms with Crippen molar-refractivity contribution in [2.45, 2.75) is 52.0 Å². The fraction of sp³-hybridized carbons (Fsp3) is 0.647. The van der Waals surface area contributed by atoms with Crippen LogP contribution in [0.3, 0.4) is 0 Å². The van der Waals surface area contributed by atoms with Crippen molar-refractivity contribution in [2.75, 3.05) is 14.2 Å². The number of benzene rings is 1. The molecule has 0 aliphatic heterocycles. The molecule has 0 radical (unpaired) electrons.